The van der Waals surface area contributed by atoms with Gasteiger partial charge in [-0.15, -0.1) is 0 Å². The Bertz CT molecular complexity index is 1010. The van der Waals surface area contributed by atoms with Crippen LogP contribution in [-0.2, 0) is 14.6 Å². The zero-order chi connectivity index (χ0) is 18.1. The topological polar surface area (TPSA) is 93.3 Å². The predicted molar refractivity (Wildman–Crippen MR) is 99.1 cm³/mol. The molecule has 4 heterocycles. The number of morpholine rings is 1. The van der Waals surface area contributed by atoms with Gasteiger partial charge in [0, 0.05) is 25.5 Å². The van der Waals surface area contributed by atoms with E-state index in [1.165, 1.54) is 10.6 Å². The maximum Gasteiger partial charge on any atom is 0.268 e. The number of pyridine rings is 1. The largest absolute Gasteiger partial charge is 0.378 e. The number of anilines is 1. The van der Waals surface area contributed by atoms with Gasteiger partial charge >= 0.3 is 0 Å². The predicted octanol–water partition coefficient (Wildman–Crippen LogP) is 0.137. The number of fused-ring (bicyclic) bond motifs is 1. The zero-order valence-corrected chi connectivity index (χ0v) is 15.1. The lowest BCUT2D eigenvalue weighted by Gasteiger charge is -2.28. The quantitative estimate of drug-likeness (QED) is 0.708. The van der Waals surface area contributed by atoms with Crippen molar-refractivity contribution in [2.24, 2.45) is 4.99 Å². The molecule has 0 spiro atoms. The van der Waals surface area contributed by atoms with E-state index in [1.54, 1.807) is 18.3 Å². The number of aliphatic imine (C=N–C) groups is 1. The lowest BCUT2D eigenvalue weighted by atomic mass is 10.2. The van der Waals surface area contributed by atoms with Crippen LogP contribution in [0.25, 0.3) is 5.65 Å². The summed E-state index contributed by atoms with van der Waals surface area (Å²) in [6.07, 6.45) is 3.67. The Labute approximate surface area is 151 Å². The second kappa shape index (κ2) is 6.81. The van der Waals surface area contributed by atoms with Crippen LogP contribution in [0.4, 0.5) is 5.82 Å². The van der Waals surface area contributed by atoms with Crippen molar-refractivity contribution in [1.82, 2.24) is 9.38 Å². The van der Waals surface area contributed by atoms with Crippen molar-refractivity contribution in [2.45, 2.75) is 12.5 Å². The summed E-state index contributed by atoms with van der Waals surface area (Å²) in [5.41, 5.74) is 0.751. The number of hydrogen-bond acceptors (Lipinski definition) is 7. The van der Waals surface area contributed by atoms with E-state index in [4.69, 9.17) is 4.74 Å². The molecule has 2 saturated heterocycles. The first kappa shape index (κ1) is 17.2. The molecule has 8 nitrogen and oxygen atoms in total. The molecule has 26 heavy (non-hydrogen) atoms. The van der Waals surface area contributed by atoms with Crippen molar-refractivity contribution < 1.29 is 13.2 Å². The van der Waals surface area contributed by atoms with Crippen molar-refractivity contribution in [3.8, 4) is 0 Å². The number of nitrogens with zero attached hydrogens (tertiary/aromatic N) is 4. The van der Waals surface area contributed by atoms with E-state index in [0.29, 0.717) is 49.8 Å². The van der Waals surface area contributed by atoms with E-state index >= 15 is 0 Å². The highest BCUT2D eigenvalue weighted by atomic mass is 32.2. The Morgan fingerprint density at radius 2 is 2.08 bits per heavy atom. The van der Waals surface area contributed by atoms with Gasteiger partial charge in [-0.3, -0.25) is 14.2 Å². The fourth-order valence-electron chi connectivity index (χ4n) is 3.29. The molecule has 0 amide bonds. The minimum Gasteiger partial charge on any atom is -0.378 e. The Kier molecular flexibility index (Phi) is 4.49. The molecule has 0 aromatic carbocycles. The minimum atomic E-state index is -3.01. The number of rotatable bonds is 3. The summed E-state index contributed by atoms with van der Waals surface area (Å²) in [5, 5.41) is 0. The highest BCUT2D eigenvalue weighted by Gasteiger charge is 2.27. The molecule has 0 saturated carbocycles. The Hall–Kier alpha value is -2.26. The van der Waals surface area contributed by atoms with Crippen molar-refractivity contribution in [3.05, 3.63) is 40.3 Å². The van der Waals surface area contributed by atoms with E-state index in [-0.39, 0.29) is 23.1 Å². The average Bonchev–Trinajstić information content (AvgIpc) is 3.00. The fraction of sp³-hybridized carbons (Fsp3) is 0.471. The molecule has 1 atom stereocenters. The molecule has 0 bridgehead atoms. The van der Waals surface area contributed by atoms with Gasteiger partial charge in [0.05, 0.1) is 30.8 Å². The third kappa shape index (κ3) is 3.36. The molecular formula is C17H20N4O4S. The second-order valence-electron chi connectivity index (χ2n) is 6.52. The van der Waals surface area contributed by atoms with E-state index in [9.17, 15) is 13.2 Å². The van der Waals surface area contributed by atoms with Crippen LogP contribution in [0.3, 0.4) is 0 Å². The van der Waals surface area contributed by atoms with Crippen LogP contribution >= 0.6 is 0 Å². The van der Waals surface area contributed by atoms with Gasteiger partial charge in [-0.1, -0.05) is 6.07 Å². The summed E-state index contributed by atoms with van der Waals surface area (Å²) in [6, 6.07) is 5.10. The third-order valence-corrected chi connectivity index (χ3v) is 6.43. The fourth-order valence-corrected chi connectivity index (χ4v) is 4.93. The summed E-state index contributed by atoms with van der Waals surface area (Å²) >= 11 is 0. The normalized spacial score (nSPS) is 23.1. The highest BCUT2D eigenvalue weighted by Crippen LogP contribution is 2.18. The molecule has 2 aromatic heterocycles. The molecule has 138 valence electrons. The van der Waals surface area contributed by atoms with Gasteiger partial charge in [0.25, 0.3) is 5.56 Å². The number of aromatic nitrogens is 2. The molecular weight excluding hydrogens is 356 g/mol. The van der Waals surface area contributed by atoms with E-state index in [2.05, 4.69) is 9.98 Å². The average molecular weight is 376 g/mol. The first-order valence-electron chi connectivity index (χ1n) is 8.61. The summed E-state index contributed by atoms with van der Waals surface area (Å²) in [4.78, 5) is 24.1. The van der Waals surface area contributed by atoms with E-state index in [0.717, 1.165) is 0 Å². The first-order valence-corrected chi connectivity index (χ1v) is 10.4. The minimum absolute atomic E-state index is 0.0404. The van der Waals surface area contributed by atoms with Crippen molar-refractivity contribution in [2.75, 3.05) is 42.7 Å². The van der Waals surface area contributed by atoms with Crippen LogP contribution in [0.2, 0.25) is 0 Å². The Morgan fingerprint density at radius 3 is 2.81 bits per heavy atom. The molecule has 4 rings (SSSR count). The second-order valence-corrected chi connectivity index (χ2v) is 8.75. The van der Waals surface area contributed by atoms with Crippen molar-refractivity contribution >= 4 is 27.5 Å². The summed E-state index contributed by atoms with van der Waals surface area (Å²) in [7, 11) is -3.01. The number of sulfone groups is 1. The summed E-state index contributed by atoms with van der Waals surface area (Å²) < 4.78 is 30.1. The van der Waals surface area contributed by atoms with Gasteiger partial charge in [-0.05, 0) is 18.6 Å². The molecule has 0 unspecified atom stereocenters. The third-order valence-electron chi connectivity index (χ3n) is 4.68. The standard InChI is InChI=1S/C17H20N4O4S/c22-17-14(11-18-13-4-10-26(23,24)12-13)16(20-6-8-25-9-7-20)19-15-3-1-2-5-21(15)17/h1-3,5,11,13H,4,6-10,12H2/t13-/m1/s1. The van der Waals surface area contributed by atoms with Gasteiger partial charge in [-0.25, -0.2) is 13.4 Å². The highest BCUT2D eigenvalue weighted by molar-refractivity contribution is 7.91. The van der Waals surface area contributed by atoms with Crippen molar-refractivity contribution in [3.63, 3.8) is 0 Å². The molecule has 0 aliphatic carbocycles. The molecule has 0 N–H and O–H groups in total. The van der Waals surface area contributed by atoms with Gasteiger partial charge in [-0.2, -0.15) is 0 Å². The molecule has 2 aliphatic rings. The van der Waals surface area contributed by atoms with E-state index in [1.807, 2.05) is 11.0 Å². The Morgan fingerprint density at radius 1 is 1.27 bits per heavy atom. The van der Waals surface area contributed by atoms with E-state index < -0.39 is 9.84 Å². The van der Waals surface area contributed by atoms with Gasteiger partial charge in [0.1, 0.15) is 17.0 Å². The van der Waals surface area contributed by atoms with Gasteiger partial charge in [0.2, 0.25) is 0 Å². The summed E-state index contributed by atoms with van der Waals surface area (Å²) in [6.45, 7) is 2.45. The number of ether oxygens (including phenoxy) is 1. The van der Waals surface area contributed by atoms with Crippen LogP contribution in [0.1, 0.15) is 12.0 Å². The van der Waals surface area contributed by atoms with Crippen LogP contribution in [0.5, 0.6) is 0 Å². The maximum atomic E-state index is 13.0. The number of hydrogen-bond donors (Lipinski definition) is 0. The van der Waals surface area contributed by atoms with Crippen LogP contribution in [0.15, 0.2) is 34.2 Å². The summed E-state index contributed by atoms with van der Waals surface area (Å²) in [5.74, 6) is 0.771. The molecule has 9 heteroatoms. The first-order chi connectivity index (χ1) is 12.5. The van der Waals surface area contributed by atoms with Gasteiger partial charge in [0.15, 0.2) is 9.84 Å². The van der Waals surface area contributed by atoms with Crippen LogP contribution in [0, 0.1) is 0 Å². The van der Waals surface area contributed by atoms with Gasteiger partial charge < -0.3 is 9.64 Å². The monoisotopic (exact) mass is 376 g/mol. The lowest BCUT2D eigenvalue weighted by Crippen LogP contribution is -2.39. The zero-order valence-electron chi connectivity index (χ0n) is 14.2. The Balaban J connectivity index is 1.78. The van der Waals surface area contributed by atoms with Crippen LogP contribution in [-0.4, -0.2) is 67.9 Å². The molecule has 2 fully saturated rings. The molecule has 2 aliphatic heterocycles. The SMILES string of the molecule is O=c1c(C=N[C@@H]2CCS(=O)(=O)C2)c(N2CCOCC2)nc2ccccn12. The van der Waals surface area contributed by atoms with Crippen molar-refractivity contribution in [1.29, 1.82) is 0 Å². The lowest BCUT2D eigenvalue weighted by molar-refractivity contribution is 0.122. The maximum absolute atomic E-state index is 13.0. The molecule has 0 radical (unpaired) electrons. The molecule has 2 aromatic rings. The van der Waals surface area contributed by atoms with Crippen LogP contribution < -0.4 is 10.5 Å². The smallest absolute Gasteiger partial charge is 0.268 e.